The SMILES string of the molecule is CSCCCCC=CC1CC1. The Morgan fingerprint density at radius 2 is 2.18 bits per heavy atom. The van der Waals surface area contributed by atoms with Crippen LogP contribution in [-0.2, 0) is 0 Å². The zero-order valence-electron chi connectivity index (χ0n) is 7.38. The average molecular weight is 170 g/mol. The zero-order chi connectivity index (χ0) is 7.94. The van der Waals surface area contributed by atoms with Gasteiger partial charge >= 0.3 is 0 Å². The van der Waals surface area contributed by atoms with E-state index < -0.39 is 0 Å². The number of allylic oxidation sites excluding steroid dienone is 2. The van der Waals surface area contributed by atoms with E-state index in [1.165, 1.54) is 37.9 Å². The highest BCUT2D eigenvalue weighted by Gasteiger charge is 2.16. The van der Waals surface area contributed by atoms with E-state index in [2.05, 4.69) is 18.4 Å². The lowest BCUT2D eigenvalue weighted by atomic mass is 10.2. The van der Waals surface area contributed by atoms with Crippen molar-refractivity contribution in [2.24, 2.45) is 5.92 Å². The normalized spacial score (nSPS) is 17.9. The highest BCUT2D eigenvalue weighted by Crippen LogP contribution is 2.30. The van der Waals surface area contributed by atoms with Crippen LogP contribution in [0.1, 0.15) is 32.1 Å². The summed E-state index contributed by atoms with van der Waals surface area (Å²) in [6.45, 7) is 0. The Morgan fingerprint density at radius 3 is 2.82 bits per heavy atom. The summed E-state index contributed by atoms with van der Waals surface area (Å²) in [5.74, 6) is 2.30. The van der Waals surface area contributed by atoms with Crippen LogP contribution in [0.2, 0.25) is 0 Å². The zero-order valence-corrected chi connectivity index (χ0v) is 8.20. The molecule has 0 atom stereocenters. The molecule has 0 heterocycles. The number of hydrogen-bond donors (Lipinski definition) is 0. The summed E-state index contributed by atoms with van der Waals surface area (Å²) in [6, 6.07) is 0. The van der Waals surface area contributed by atoms with Gasteiger partial charge < -0.3 is 0 Å². The van der Waals surface area contributed by atoms with Crippen LogP contribution in [0.15, 0.2) is 12.2 Å². The molecule has 0 amide bonds. The number of unbranched alkanes of at least 4 members (excludes halogenated alkanes) is 2. The van der Waals surface area contributed by atoms with Crippen LogP contribution >= 0.6 is 11.8 Å². The highest BCUT2D eigenvalue weighted by atomic mass is 32.2. The predicted molar refractivity (Wildman–Crippen MR) is 54.1 cm³/mol. The summed E-state index contributed by atoms with van der Waals surface area (Å²) in [6.07, 6.45) is 13.9. The molecule has 0 aliphatic heterocycles. The smallest absolute Gasteiger partial charge is 0.00702 e. The molecule has 0 aromatic carbocycles. The van der Waals surface area contributed by atoms with Gasteiger partial charge in [-0.25, -0.2) is 0 Å². The molecule has 1 heteroatoms. The number of hydrogen-bond acceptors (Lipinski definition) is 1. The van der Waals surface area contributed by atoms with Crippen molar-refractivity contribution in [3.8, 4) is 0 Å². The summed E-state index contributed by atoms with van der Waals surface area (Å²) in [5.41, 5.74) is 0. The van der Waals surface area contributed by atoms with Crippen LogP contribution in [0.25, 0.3) is 0 Å². The van der Waals surface area contributed by atoms with E-state index in [1.807, 2.05) is 11.8 Å². The number of thioether (sulfide) groups is 1. The van der Waals surface area contributed by atoms with E-state index in [4.69, 9.17) is 0 Å². The fraction of sp³-hybridized carbons (Fsp3) is 0.800. The predicted octanol–water partition coefficient (Wildman–Crippen LogP) is 3.49. The molecule has 0 aromatic heterocycles. The minimum Gasteiger partial charge on any atom is -0.165 e. The van der Waals surface area contributed by atoms with Crippen molar-refractivity contribution in [1.29, 1.82) is 0 Å². The molecular formula is C10H18S. The maximum absolute atomic E-state index is 2.40. The molecule has 1 saturated carbocycles. The van der Waals surface area contributed by atoms with E-state index in [0.29, 0.717) is 0 Å². The highest BCUT2D eigenvalue weighted by molar-refractivity contribution is 7.98. The van der Waals surface area contributed by atoms with Crippen molar-refractivity contribution < 1.29 is 0 Å². The van der Waals surface area contributed by atoms with Crippen molar-refractivity contribution >= 4 is 11.8 Å². The molecule has 64 valence electrons. The van der Waals surface area contributed by atoms with Crippen molar-refractivity contribution in [1.82, 2.24) is 0 Å². The summed E-state index contributed by atoms with van der Waals surface area (Å²) in [7, 11) is 0. The first-order valence-electron chi connectivity index (χ1n) is 4.59. The summed E-state index contributed by atoms with van der Waals surface area (Å²) in [4.78, 5) is 0. The van der Waals surface area contributed by atoms with Crippen LogP contribution in [0.3, 0.4) is 0 Å². The second kappa shape index (κ2) is 5.70. The molecule has 0 saturated heterocycles. The van der Waals surface area contributed by atoms with E-state index in [-0.39, 0.29) is 0 Å². The van der Waals surface area contributed by atoms with Gasteiger partial charge in [-0.3, -0.25) is 0 Å². The topological polar surface area (TPSA) is 0 Å². The minimum absolute atomic E-state index is 0.968. The molecule has 1 rings (SSSR count). The molecule has 1 fully saturated rings. The maximum Gasteiger partial charge on any atom is -0.00702 e. The molecule has 1 aliphatic carbocycles. The molecule has 0 unspecified atom stereocenters. The van der Waals surface area contributed by atoms with Crippen LogP contribution in [0.4, 0.5) is 0 Å². The summed E-state index contributed by atoms with van der Waals surface area (Å²) >= 11 is 1.95. The lowest BCUT2D eigenvalue weighted by molar-refractivity contribution is 0.819. The fourth-order valence-corrected chi connectivity index (χ4v) is 1.58. The standard InChI is InChI=1S/C10H18S/c1-11-9-5-3-2-4-6-10-7-8-10/h4,6,10H,2-3,5,7-9H2,1H3. The van der Waals surface area contributed by atoms with Gasteiger partial charge in [0.05, 0.1) is 0 Å². The molecule has 0 aromatic rings. The van der Waals surface area contributed by atoms with Crippen LogP contribution in [-0.4, -0.2) is 12.0 Å². The minimum atomic E-state index is 0.968. The quantitative estimate of drug-likeness (QED) is 0.434. The van der Waals surface area contributed by atoms with Crippen LogP contribution in [0, 0.1) is 5.92 Å². The molecule has 0 bridgehead atoms. The van der Waals surface area contributed by atoms with Gasteiger partial charge in [0.1, 0.15) is 0 Å². The van der Waals surface area contributed by atoms with Gasteiger partial charge in [0.15, 0.2) is 0 Å². The largest absolute Gasteiger partial charge is 0.165 e. The molecule has 0 nitrogen and oxygen atoms in total. The lowest BCUT2D eigenvalue weighted by Crippen LogP contribution is -1.77. The molecule has 0 spiro atoms. The van der Waals surface area contributed by atoms with E-state index in [0.717, 1.165) is 5.92 Å². The van der Waals surface area contributed by atoms with Crippen LogP contribution in [0.5, 0.6) is 0 Å². The third-order valence-electron chi connectivity index (χ3n) is 2.00. The van der Waals surface area contributed by atoms with E-state index >= 15 is 0 Å². The Morgan fingerprint density at radius 1 is 1.36 bits per heavy atom. The Kier molecular flexibility index (Phi) is 4.76. The Bertz CT molecular complexity index is 114. The molecule has 0 radical (unpaired) electrons. The molecule has 0 N–H and O–H groups in total. The third kappa shape index (κ3) is 5.37. The van der Waals surface area contributed by atoms with Gasteiger partial charge in [0.2, 0.25) is 0 Å². The maximum atomic E-state index is 2.40. The third-order valence-corrected chi connectivity index (χ3v) is 2.70. The second-order valence-electron chi connectivity index (χ2n) is 3.25. The van der Waals surface area contributed by atoms with Gasteiger partial charge in [-0.05, 0) is 50.0 Å². The molecule has 1 aliphatic rings. The van der Waals surface area contributed by atoms with Crippen LogP contribution < -0.4 is 0 Å². The van der Waals surface area contributed by atoms with Crippen molar-refractivity contribution in [3.05, 3.63) is 12.2 Å². The van der Waals surface area contributed by atoms with E-state index in [9.17, 15) is 0 Å². The Balaban J connectivity index is 1.79. The summed E-state index contributed by atoms with van der Waals surface area (Å²) < 4.78 is 0. The lowest BCUT2D eigenvalue weighted by Gasteiger charge is -1.93. The van der Waals surface area contributed by atoms with Crippen molar-refractivity contribution in [3.63, 3.8) is 0 Å². The van der Waals surface area contributed by atoms with Gasteiger partial charge in [0.25, 0.3) is 0 Å². The second-order valence-corrected chi connectivity index (χ2v) is 4.24. The summed E-state index contributed by atoms with van der Waals surface area (Å²) in [5, 5.41) is 0. The van der Waals surface area contributed by atoms with Crippen molar-refractivity contribution in [2.75, 3.05) is 12.0 Å². The number of rotatable bonds is 6. The van der Waals surface area contributed by atoms with Crippen molar-refractivity contribution in [2.45, 2.75) is 32.1 Å². The molecular weight excluding hydrogens is 152 g/mol. The average Bonchev–Trinajstić information content (AvgIpc) is 2.80. The van der Waals surface area contributed by atoms with Gasteiger partial charge in [0, 0.05) is 0 Å². The first kappa shape index (κ1) is 9.18. The Labute approximate surface area is 74.5 Å². The van der Waals surface area contributed by atoms with Gasteiger partial charge in [-0.1, -0.05) is 12.2 Å². The first-order chi connectivity index (χ1) is 5.43. The Hall–Kier alpha value is 0.0900. The van der Waals surface area contributed by atoms with E-state index in [1.54, 1.807) is 0 Å². The molecule has 11 heavy (non-hydrogen) atoms. The van der Waals surface area contributed by atoms with Gasteiger partial charge in [-0.2, -0.15) is 11.8 Å². The first-order valence-corrected chi connectivity index (χ1v) is 5.98. The fourth-order valence-electron chi connectivity index (χ4n) is 1.09. The van der Waals surface area contributed by atoms with Gasteiger partial charge in [-0.15, -0.1) is 0 Å². The monoisotopic (exact) mass is 170 g/mol.